The van der Waals surface area contributed by atoms with Crippen molar-refractivity contribution >= 4 is 11.8 Å². The van der Waals surface area contributed by atoms with Gasteiger partial charge in [0.2, 0.25) is 0 Å². The molecule has 0 radical (unpaired) electrons. The normalized spacial score (nSPS) is 19.8. The highest BCUT2D eigenvalue weighted by atomic mass is 16.6. The minimum atomic E-state index is -0.417. The molecule has 3 aromatic rings. The number of hydrogen-bond donors (Lipinski definition) is 0. The molecule has 0 bridgehead atoms. The standard InChI is InChI=1S/C22H14O3/c23-20(15-11-9-14(10-12-15)13-5-2-1-3-6-13)19-16-7-4-8-17-18(16)21(19)25-22(17)24/h1-12,19,21H. The van der Waals surface area contributed by atoms with Gasteiger partial charge >= 0.3 is 5.97 Å². The molecule has 3 aromatic carbocycles. The van der Waals surface area contributed by atoms with Crippen molar-refractivity contribution in [1.29, 1.82) is 0 Å². The van der Waals surface area contributed by atoms with Crippen molar-refractivity contribution in [2.24, 2.45) is 0 Å². The molecule has 0 aromatic heterocycles. The highest BCUT2D eigenvalue weighted by Gasteiger charge is 2.51. The molecule has 5 rings (SSSR count). The van der Waals surface area contributed by atoms with Gasteiger partial charge in [0.15, 0.2) is 5.78 Å². The van der Waals surface area contributed by atoms with E-state index in [0.717, 1.165) is 22.3 Å². The molecule has 25 heavy (non-hydrogen) atoms. The van der Waals surface area contributed by atoms with Gasteiger partial charge in [0.1, 0.15) is 6.10 Å². The van der Waals surface area contributed by atoms with Crippen LogP contribution < -0.4 is 0 Å². The second-order valence-corrected chi connectivity index (χ2v) is 6.42. The van der Waals surface area contributed by atoms with Gasteiger partial charge in [-0.15, -0.1) is 0 Å². The van der Waals surface area contributed by atoms with E-state index in [9.17, 15) is 9.59 Å². The van der Waals surface area contributed by atoms with Crippen LogP contribution in [0.1, 0.15) is 43.9 Å². The van der Waals surface area contributed by atoms with Crippen LogP contribution in [-0.4, -0.2) is 11.8 Å². The van der Waals surface area contributed by atoms with E-state index < -0.39 is 6.10 Å². The number of carbonyl (C=O) groups is 2. The molecule has 120 valence electrons. The maximum Gasteiger partial charge on any atom is 0.339 e. The third kappa shape index (κ3) is 1.99. The van der Waals surface area contributed by atoms with E-state index in [4.69, 9.17) is 4.74 Å². The number of esters is 1. The van der Waals surface area contributed by atoms with Crippen LogP contribution in [0.5, 0.6) is 0 Å². The summed E-state index contributed by atoms with van der Waals surface area (Å²) in [6.45, 7) is 0. The molecule has 1 aliphatic carbocycles. The molecule has 0 saturated heterocycles. The number of ether oxygens (including phenoxy) is 1. The van der Waals surface area contributed by atoms with Gasteiger partial charge in [-0.2, -0.15) is 0 Å². The molecule has 2 unspecified atom stereocenters. The molecule has 3 heteroatoms. The van der Waals surface area contributed by atoms with Crippen LogP contribution in [0.4, 0.5) is 0 Å². The van der Waals surface area contributed by atoms with Gasteiger partial charge in [-0.3, -0.25) is 4.79 Å². The lowest BCUT2D eigenvalue weighted by Crippen LogP contribution is -2.30. The summed E-state index contributed by atoms with van der Waals surface area (Å²) in [6.07, 6.45) is -0.417. The predicted octanol–water partition coefficient (Wildman–Crippen LogP) is 4.55. The first-order valence-corrected chi connectivity index (χ1v) is 8.27. The topological polar surface area (TPSA) is 43.4 Å². The maximum atomic E-state index is 12.9. The van der Waals surface area contributed by atoms with Crippen LogP contribution in [0.25, 0.3) is 11.1 Å². The van der Waals surface area contributed by atoms with E-state index in [1.54, 1.807) is 6.07 Å². The number of rotatable bonds is 3. The smallest absolute Gasteiger partial charge is 0.339 e. The average Bonchev–Trinajstić information content (AvgIpc) is 2.98. The summed E-state index contributed by atoms with van der Waals surface area (Å²) in [5.74, 6) is -0.704. The molecule has 0 fully saturated rings. The number of Topliss-reactive ketones (excluding diaryl/α,β-unsaturated/α-hetero) is 1. The number of carbonyl (C=O) groups excluding carboxylic acids is 2. The Hall–Kier alpha value is -3.20. The van der Waals surface area contributed by atoms with Crippen molar-refractivity contribution in [1.82, 2.24) is 0 Å². The van der Waals surface area contributed by atoms with Crippen LogP contribution in [0, 0.1) is 0 Å². The minimum Gasteiger partial charge on any atom is -0.453 e. The van der Waals surface area contributed by atoms with E-state index in [2.05, 4.69) is 0 Å². The molecule has 0 spiro atoms. The molecular weight excluding hydrogens is 312 g/mol. The zero-order chi connectivity index (χ0) is 17.0. The van der Waals surface area contributed by atoms with Gasteiger partial charge in [0, 0.05) is 11.1 Å². The Kier molecular flexibility index (Phi) is 2.92. The van der Waals surface area contributed by atoms with Gasteiger partial charge in [-0.05, 0) is 22.8 Å². The van der Waals surface area contributed by atoms with Gasteiger partial charge < -0.3 is 4.74 Å². The molecule has 0 saturated carbocycles. The molecular formula is C22H14O3. The summed E-state index contributed by atoms with van der Waals surface area (Å²) in [4.78, 5) is 24.8. The van der Waals surface area contributed by atoms with Gasteiger partial charge in [0.05, 0.1) is 11.5 Å². The Labute approximate surface area is 144 Å². The predicted molar refractivity (Wildman–Crippen MR) is 93.5 cm³/mol. The first kappa shape index (κ1) is 14.2. The lowest BCUT2D eigenvalue weighted by molar-refractivity contribution is 0.0268. The van der Waals surface area contributed by atoms with Crippen molar-refractivity contribution in [3.8, 4) is 11.1 Å². The SMILES string of the molecule is O=C1OC2c3c1cccc3C2C(=O)c1ccc(-c2ccccc2)cc1. The molecule has 1 heterocycles. The van der Waals surface area contributed by atoms with Gasteiger partial charge in [-0.25, -0.2) is 4.79 Å². The largest absolute Gasteiger partial charge is 0.453 e. The summed E-state index contributed by atoms with van der Waals surface area (Å²) in [5.41, 5.74) is 5.25. The molecule has 0 amide bonds. The fraction of sp³-hybridized carbons (Fsp3) is 0.0909. The average molecular weight is 326 g/mol. The first-order valence-electron chi connectivity index (χ1n) is 8.27. The van der Waals surface area contributed by atoms with Crippen LogP contribution >= 0.6 is 0 Å². The van der Waals surface area contributed by atoms with Gasteiger partial charge in [-0.1, -0.05) is 66.7 Å². The van der Waals surface area contributed by atoms with E-state index >= 15 is 0 Å². The summed E-state index contributed by atoms with van der Waals surface area (Å²) in [5, 5.41) is 0. The Bertz CT molecular complexity index is 1000. The zero-order valence-corrected chi connectivity index (χ0v) is 13.3. The third-order valence-corrected chi connectivity index (χ3v) is 5.08. The third-order valence-electron chi connectivity index (χ3n) is 5.08. The Morgan fingerprint density at radius 2 is 1.52 bits per heavy atom. The van der Waals surface area contributed by atoms with E-state index in [1.807, 2.05) is 66.7 Å². The number of ketones is 1. The van der Waals surface area contributed by atoms with E-state index in [0.29, 0.717) is 11.1 Å². The van der Waals surface area contributed by atoms with E-state index in [-0.39, 0.29) is 17.7 Å². The quantitative estimate of drug-likeness (QED) is 0.524. The van der Waals surface area contributed by atoms with E-state index in [1.165, 1.54) is 0 Å². The Morgan fingerprint density at radius 3 is 2.28 bits per heavy atom. The van der Waals surface area contributed by atoms with Crippen molar-refractivity contribution in [3.05, 3.63) is 95.1 Å². The summed E-state index contributed by atoms with van der Waals surface area (Å²) in [6, 6.07) is 23.1. The van der Waals surface area contributed by atoms with Crippen molar-refractivity contribution < 1.29 is 14.3 Å². The highest BCUT2D eigenvalue weighted by Crippen LogP contribution is 2.54. The summed E-state index contributed by atoms with van der Waals surface area (Å²) < 4.78 is 5.40. The second-order valence-electron chi connectivity index (χ2n) is 6.42. The van der Waals surface area contributed by atoms with Crippen molar-refractivity contribution in [2.45, 2.75) is 12.0 Å². The fourth-order valence-corrected chi connectivity index (χ4v) is 3.80. The van der Waals surface area contributed by atoms with Crippen LogP contribution in [0.3, 0.4) is 0 Å². The maximum absolute atomic E-state index is 12.9. The van der Waals surface area contributed by atoms with Crippen molar-refractivity contribution in [2.75, 3.05) is 0 Å². The molecule has 3 nitrogen and oxygen atoms in total. The molecule has 2 aliphatic rings. The second kappa shape index (κ2) is 5.15. The Balaban J connectivity index is 1.46. The van der Waals surface area contributed by atoms with Crippen LogP contribution in [0.2, 0.25) is 0 Å². The lowest BCUT2D eigenvalue weighted by Gasteiger charge is -2.33. The zero-order valence-electron chi connectivity index (χ0n) is 13.3. The fourth-order valence-electron chi connectivity index (χ4n) is 3.80. The summed E-state index contributed by atoms with van der Waals surface area (Å²) in [7, 11) is 0. The molecule has 0 N–H and O–H groups in total. The molecule has 2 atom stereocenters. The Morgan fingerprint density at radius 1 is 0.800 bits per heavy atom. The highest BCUT2D eigenvalue weighted by molar-refractivity contribution is 6.07. The van der Waals surface area contributed by atoms with Gasteiger partial charge in [0.25, 0.3) is 0 Å². The van der Waals surface area contributed by atoms with Crippen LogP contribution in [0.15, 0.2) is 72.8 Å². The van der Waals surface area contributed by atoms with Crippen LogP contribution in [-0.2, 0) is 4.74 Å². The first-order chi connectivity index (χ1) is 12.2. The summed E-state index contributed by atoms with van der Waals surface area (Å²) >= 11 is 0. The number of hydrogen-bond acceptors (Lipinski definition) is 3. The monoisotopic (exact) mass is 326 g/mol. The lowest BCUT2D eigenvalue weighted by atomic mass is 9.70. The minimum absolute atomic E-state index is 0.00367. The number of benzene rings is 3. The van der Waals surface area contributed by atoms with Crippen molar-refractivity contribution in [3.63, 3.8) is 0 Å². The molecule has 1 aliphatic heterocycles.